The van der Waals surface area contributed by atoms with Crippen molar-refractivity contribution in [2.75, 3.05) is 6.61 Å². The van der Waals surface area contributed by atoms with E-state index in [4.69, 9.17) is 10.2 Å². The van der Waals surface area contributed by atoms with Crippen molar-refractivity contribution in [1.29, 1.82) is 0 Å². The first-order valence-corrected chi connectivity index (χ1v) is 8.16. The van der Waals surface area contributed by atoms with Gasteiger partial charge in [0.25, 0.3) is 0 Å². The van der Waals surface area contributed by atoms with E-state index in [2.05, 4.69) is 30.3 Å². The lowest BCUT2D eigenvalue weighted by Crippen LogP contribution is -2.40. The summed E-state index contributed by atoms with van der Waals surface area (Å²) >= 11 is 0. The Morgan fingerprint density at radius 3 is 2.70 bits per heavy atom. The van der Waals surface area contributed by atoms with Gasteiger partial charge in [0, 0.05) is 16.5 Å². The number of furan rings is 1. The zero-order valence-electron chi connectivity index (χ0n) is 13.0. The van der Waals surface area contributed by atoms with Gasteiger partial charge in [0.15, 0.2) is 0 Å². The molecule has 3 heteroatoms. The fourth-order valence-electron chi connectivity index (χ4n) is 3.65. The number of hydrogen-bond donors (Lipinski definition) is 2. The molecule has 0 amide bonds. The summed E-state index contributed by atoms with van der Waals surface area (Å²) in [5.41, 5.74) is 9.09. The number of benzene rings is 2. The summed E-state index contributed by atoms with van der Waals surface area (Å²) < 4.78 is 5.97. The summed E-state index contributed by atoms with van der Waals surface area (Å²) in [6, 6.07) is 18.6. The molecule has 1 aliphatic carbocycles. The predicted octanol–water partition coefficient (Wildman–Crippen LogP) is 4.06. The zero-order chi connectivity index (χ0) is 15.9. The fraction of sp³-hybridized carbons (Fsp3) is 0.300. The number of nitrogens with two attached hydrogens (primary N) is 1. The fourth-order valence-corrected chi connectivity index (χ4v) is 3.65. The second-order valence-corrected chi connectivity index (χ2v) is 6.73. The van der Waals surface area contributed by atoms with Crippen molar-refractivity contribution < 1.29 is 9.52 Å². The van der Waals surface area contributed by atoms with E-state index in [0.717, 1.165) is 41.6 Å². The summed E-state index contributed by atoms with van der Waals surface area (Å²) in [4.78, 5) is 0. The molecule has 2 atom stereocenters. The molecule has 1 aromatic heterocycles. The molecule has 1 fully saturated rings. The van der Waals surface area contributed by atoms with Gasteiger partial charge in [0.1, 0.15) is 11.3 Å². The van der Waals surface area contributed by atoms with Gasteiger partial charge in [-0.1, -0.05) is 36.4 Å². The summed E-state index contributed by atoms with van der Waals surface area (Å²) in [6.07, 6.45) is 2.76. The maximum atomic E-state index is 9.45. The van der Waals surface area contributed by atoms with Crippen LogP contribution in [0, 0.1) is 0 Å². The molecular formula is C20H21NO2. The molecule has 2 unspecified atom stereocenters. The molecule has 4 rings (SSSR count). The molecule has 3 aromatic rings. The lowest BCUT2D eigenvalue weighted by atomic mass is 9.93. The van der Waals surface area contributed by atoms with Gasteiger partial charge in [-0.05, 0) is 48.9 Å². The van der Waals surface area contributed by atoms with E-state index < -0.39 is 5.54 Å². The molecule has 0 bridgehead atoms. The first-order chi connectivity index (χ1) is 11.2. The highest BCUT2D eigenvalue weighted by Gasteiger charge is 2.35. The maximum absolute atomic E-state index is 9.45. The van der Waals surface area contributed by atoms with Crippen LogP contribution in [0.1, 0.15) is 30.7 Å². The molecule has 23 heavy (non-hydrogen) atoms. The molecule has 0 saturated heterocycles. The van der Waals surface area contributed by atoms with Crippen LogP contribution in [0.4, 0.5) is 0 Å². The lowest BCUT2D eigenvalue weighted by Gasteiger charge is -2.20. The van der Waals surface area contributed by atoms with Crippen LogP contribution in [-0.4, -0.2) is 17.3 Å². The number of fused-ring (bicyclic) bond motifs is 1. The van der Waals surface area contributed by atoms with Crippen LogP contribution in [0.25, 0.3) is 22.3 Å². The van der Waals surface area contributed by atoms with Crippen molar-refractivity contribution in [2.24, 2.45) is 5.73 Å². The van der Waals surface area contributed by atoms with Gasteiger partial charge in [-0.15, -0.1) is 0 Å². The molecule has 118 valence electrons. The summed E-state index contributed by atoms with van der Waals surface area (Å²) in [5.74, 6) is 1.32. The van der Waals surface area contributed by atoms with Crippen LogP contribution in [0.15, 0.2) is 59.0 Å². The largest absolute Gasteiger partial charge is 0.456 e. The Hall–Kier alpha value is -2.10. The number of aliphatic hydroxyl groups excluding tert-OH is 1. The van der Waals surface area contributed by atoms with E-state index in [1.807, 2.05) is 24.3 Å². The first kappa shape index (κ1) is 14.5. The predicted molar refractivity (Wildman–Crippen MR) is 92.2 cm³/mol. The van der Waals surface area contributed by atoms with E-state index >= 15 is 0 Å². The Morgan fingerprint density at radius 1 is 1.13 bits per heavy atom. The topological polar surface area (TPSA) is 59.4 Å². The van der Waals surface area contributed by atoms with Crippen molar-refractivity contribution in [3.05, 3.63) is 60.2 Å². The highest BCUT2D eigenvalue weighted by Crippen LogP contribution is 2.40. The minimum Gasteiger partial charge on any atom is -0.456 e. The highest BCUT2D eigenvalue weighted by atomic mass is 16.3. The van der Waals surface area contributed by atoms with Gasteiger partial charge in [0.05, 0.1) is 6.61 Å². The molecule has 1 heterocycles. The van der Waals surface area contributed by atoms with E-state index in [9.17, 15) is 5.11 Å². The Labute approximate surface area is 135 Å². The molecule has 0 aliphatic heterocycles. The molecule has 0 radical (unpaired) electrons. The molecule has 2 aromatic carbocycles. The minimum atomic E-state index is -0.411. The van der Waals surface area contributed by atoms with Gasteiger partial charge in [0.2, 0.25) is 0 Å². The molecule has 3 N–H and O–H groups in total. The lowest BCUT2D eigenvalue weighted by molar-refractivity contribution is 0.198. The van der Waals surface area contributed by atoms with Gasteiger partial charge in [-0.2, -0.15) is 0 Å². The third-order valence-corrected chi connectivity index (χ3v) is 5.03. The smallest absolute Gasteiger partial charge is 0.135 e. The number of rotatable bonds is 3. The number of hydrogen-bond acceptors (Lipinski definition) is 3. The average Bonchev–Trinajstić information content (AvgIpc) is 3.19. The van der Waals surface area contributed by atoms with Crippen LogP contribution < -0.4 is 5.73 Å². The van der Waals surface area contributed by atoms with Crippen LogP contribution in [0.2, 0.25) is 0 Å². The number of aliphatic hydroxyl groups is 1. The normalized spacial score (nSPS) is 24.3. The molecular weight excluding hydrogens is 286 g/mol. The van der Waals surface area contributed by atoms with Gasteiger partial charge in [-0.25, -0.2) is 0 Å². The van der Waals surface area contributed by atoms with Gasteiger partial charge in [-0.3, -0.25) is 0 Å². The monoisotopic (exact) mass is 307 g/mol. The van der Waals surface area contributed by atoms with Crippen LogP contribution in [0.3, 0.4) is 0 Å². The average molecular weight is 307 g/mol. The van der Waals surface area contributed by atoms with Crippen molar-refractivity contribution in [1.82, 2.24) is 0 Å². The van der Waals surface area contributed by atoms with E-state index in [1.165, 1.54) is 5.56 Å². The molecule has 0 spiro atoms. The van der Waals surface area contributed by atoms with E-state index in [1.54, 1.807) is 0 Å². The van der Waals surface area contributed by atoms with Gasteiger partial charge >= 0.3 is 0 Å². The quantitative estimate of drug-likeness (QED) is 0.767. The Bertz CT molecular complexity index is 824. The standard InChI is InChI=1S/C20H21NO2/c21-20(13-22)9-8-16(12-20)15-6-7-18-17(10-15)11-19(23-18)14-4-2-1-3-5-14/h1-7,10-11,16,22H,8-9,12-13,21H2. The van der Waals surface area contributed by atoms with Crippen LogP contribution >= 0.6 is 0 Å². The third kappa shape index (κ3) is 2.67. The van der Waals surface area contributed by atoms with Crippen LogP contribution in [-0.2, 0) is 0 Å². The summed E-state index contributed by atoms with van der Waals surface area (Å²) in [5, 5.41) is 10.6. The molecule has 1 saturated carbocycles. The summed E-state index contributed by atoms with van der Waals surface area (Å²) in [6.45, 7) is 0.0651. The second-order valence-electron chi connectivity index (χ2n) is 6.73. The molecule has 3 nitrogen and oxygen atoms in total. The first-order valence-electron chi connectivity index (χ1n) is 8.16. The van der Waals surface area contributed by atoms with E-state index in [0.29, 0.717) is 5.92 Å². The highest BCUT2D eigenvalue weighted by molar-refractivity contribution is 5.83. The Morgan fingerprint density at radius 2 is 1.96 bits per heavy atom. The third-order valence-electron chi connectivity index (χ3n) is 5.03. The SMILES string of the molecule is NC1(CO)CCC(c2ccc3oc(-c4ccccc4)cc3c2)C1. The summed E-state index contributed by atoms with van der Waals surface area (Å²) in [7, 11) is 0. The van der Waals surface area contributed by atoms with Crippen molar-refractivity contribution in [3.63, 3.8) is 0 Å². The van der Waals surface area contributed by atoms with Gasteiger partial charge < -0.3 is 15.3 Å². The van der Waals surface area contributed by atoms with Crippen molar-refractivity contribution >= 4 is 11.0 Å². The Kier molecular flexibility index (Phi) is 3.47. The van der Waals surface area contributed by atoms with Crippen LogP contribution in [0.5, 0.6) is 0 Å². The second kappa shape index (κ2) is 5.52. The molecule has 1 aliphatic rings. The van der Waals surface area contributed by atoms with E-state index in [-0.39, 0.29) is 6.61 Å². The zero-order valence-corrected chi connectivity index (χ0v) is 13.0. The maximum Gasteiger partial charge on any atom is 0.135 e. The van der Waals surface area contributed by atoms with Crippen molar-refractivity contribution in [2.45, 2.75) is 30.7 Å². The minimum absolute atomic E-state index is 0.0651. The Balaban J connectivity index is 1.67. The van der Waals surface area contributed by atoms with Crippen molar-refractivity contribution in [3.8, 4) is 11.3 Å².